The minimum Gasteiger partial charge on any atom is -0.453 e. The van der Waals surface area contributed by atoms with Gasteiger partial charge in [-0.3, -0.25) is 10.3 Å². The summed E-state index contributed by atoms with van der Waals surface area (Å²) in [6.07, 6.45) is 4.96. The van der Waals surface area contributed by atoms with Crippen LogP contribution in [0.3, 0.4) is 0 Å². The van der Waals surface area contributed by atoms with Crippen molar-refractivity contribution < 1.29 is 9.53 Å². The molecule has 1 heterocycles. The Morgan fingerprint density at radius 1 is 1.42 bits per heavy atom. The van der Waals surface area contributed by atoms with Gasteiger partial charge in [-0.15, -0.1) is 13.2 Å². The average Bonchev–Trinajstić information content (AvgIpc) is 2.99. The van der Waals surface area contributed by atoms with E-state index in [9.17, 15) is 4.79 Å². The van der Waals surface area contributed by atoms with Gasteiger partial charge in [-0.1, -0.05) is 30.4 Å². The standard InChI is InChI=1S/C19H25N3O2/c1-5-9-14-11-8-12-16(15(14)10-6-2)17-13-20-18(22(17)7-3)21-19(23)24-4/h5-6,8,11-12,17H,1-2,7,9-10,13H2,3-4H3,(H,20,21,23). The number of carbonyl (C=O) groups excluding carboxylic acids is 1. The second-order valence-corrected chi connectivity index (χ2v) is 5.55. The van der Waals surface area contributed by atoms with Crippen molar-refractivity contribution in [2.45, 2.75) is 25.8 Å². The Bertz CT molecular complexity index is 652. The summed E-state index contributed by atoms with van der Waals surface area (Å²) in [5.41, 5.74) is 3.75. The third-order valence-corrected chi connectivity index (χ3v) is 4.18. The molecule has 0 saturated carbocycles. The van der Waals surface area contributed by atoms with Crippen molar-refractivity contribution in [1.29, 1.82) is 0 Å². The summed E-state index contributed by atoms with van der Waals surface area (Å²) >= 11 is 0. The van der Waals surface area contributed by atoms with Crippen LogP contribution in [0, 0.1) is 0 Å². The fraction of sp³-hybridized carbons (Fsp3) is 0.368. The Morgan fingerprint density at radius 3 is 2.79 bits per heavy atom. The number of hydrogen-bond donors (Lipinski definition) is 1. The second kappa shape index (κ2) is 8.34. The lowest BCUT2D eigenvalue weighted by Gasteiger charge is -2.28. The Balaban J connectivity index is 2.34. The van der Waals surface area contributed by atoms with Gasteiger partial charge in [0, 0.05) is 6.54 Å². The van der Waals surface area contributed by atoms with Crippen LogP contribution in [-0.4, -0.2) is 37.2 Å². The molecule has 1 aliphatic heterocycles. The van der Waals surface area contributed by atoms with E-state index >= 15 is 0 Å². The number of likely N-dealkylation sites (N-methyl/N-ethyl adjacent to an activating group) is 1. The highest BCUT2D eigenvalue weighted by atomic mass is 16.5. The molecule has 0 radical (unpaired) electrons. The number of methoxy groups -OCH3 is 1. The molecule has 1 atom stereocenters. The maximum Gasteiger partial charge on any atom is 0.413 e. The van der Waals surface area contributed by atoms with E-state index < -0.39 is 6.09 Å². The van der Waals surface area contributed by atoms with E-state index in [-0.39, 0.29) is 6.04 Å². The summed E-state index contributed by atoms with van der Waals surface area (Å²) in [6.45, 7) is 11.1. The highest BCUT2D eigenvalue weighted by molar-refractivity contribution is 5.95. The van der Waals surface area contributed by atoms with Gasteiger partial charge < -0.3 is 9.64 Å². The highest BCUT2D eigenvalue weighted by Crippen LogP contribution is 2.31. The molecular weight excluding hydrogens is 302 g/mol. The Kier molecular flexibility index (Phi) is 6.18. The van der Waals surface area contributed by atoms with E-state index in [1.807, 2.05) is 19.1 Å². The van der Waals surface area contributed by atoms with Crippen LogP contribution in [0.2, 0.25) is 0 Å². The number of guanidine groups is 1. The summed E-state index contributed by atoms with van der Waals surface area (Å²) in [6, 6.07) is 6.43. The van der Waals surface area contributed by atoms with Gasteiger partial charge in [0.15, 0.2) is 0 Å². The molecule has 1 amide bonds. The number of amides is 1. The third kappa shape index (κ3) is 3.67. The number of benzene rings is 1. The van der Waals surface area contributed by atoms with Crippen molar-refractivity contribution >= 4 is 12.1 Å². The maximum absolute atomic E-state index is 11.5. The van der Waals surface area contributed by atoms with Crippen molar-refractivity contribution in [2.24, 2.45) is 4.99 Å². The predicted molar refractivity (Wildman–Crippen MR) is 97.2 cm³/mol. The fourth-order valence-corrected chi connectivity index (χ4v) is 3.11. The van der Waals surface area contributed by atoms with Crippen LogP contribution >= 0.6 is 0 Å². The number of rotatable bonds is 6. The van der Waals surface area contributed by atoms with Gasteiger partial charge >= 0.3 is 6.09 Å². The lowest BCUT2D eigenvalue weighted by Crippen LogP contribution is -2.42. The minimum absolute atomic E-state index is 0.0990. The number of carbonyl (C=O) groups is 1. The normalized spacial score (nSPS) is 16.5. The molecule has 0 aromatic heterocycles. The fourth-order valence-electron chi connectivity index (χ4n) is 3.11. The van der Waals surface area contributed by atoms with Gasteiger partial charge in [-0.25, -0.2) is 4.79 Å². The van der Waals surface area contributed by atoms with Crippen LogP contribution in [0.4, 0.5) is 4.79 Å². The zero-order valence-corrected chi connectivity index (χ0v) is 14.4. The molecule has 24 heavy (non-hydrogen) atoms. The van der Waals surface area contributed by atoms with Gasteiger partial charge in [0.05, 0.1) is 19.7 Å². The Labute approximate surface area is 143 Å². The molecule has 0 bridgehead atoms. The molecule has 1 N–H and O–H groups in total. The third-order valence-electron chi connectivity index (χ3n) is 4.18. The van der Waals surface area contributed by atoms with Crippen LogP contribution in [0.15, 0.2) is 48.5 Å². The van der Waals surface area contributed by atoms with Gasteiger partial charge in [0.2, 0.25) is 5.96 Å². The summed E-state index contributed by atoms with van der Waals surface area (Å²) < 4.78 is 4.68. The van der Waals surface area contributed by atoms with Crippen molar-refractivity contribution in [1.82, 2.24) is 10.2 Å². The number of ether oxygens (including phenoxy) is 1. The summed E-state index contributed by atoms with van der Waals surface area (Å²) in [4.78, 5) is 18.1. The quantitative estimate of drug-likeness (QED) is 0.816. The largest absolute Gasteiger partial charge is 0.453 e. The van der Waals surface area contributed by atoms with Crippen molar-refractivity contribution in [3.8, 4) is 0 Å². The maximum atomic E-state index is 11.5. The zero-order chi connectivity index (χ0) is 17.5. The first-order chi connectivity index (χ1) is 11.7. The number of allylic oxidation sites excluding steroid dienone is 2. The highest BCUT2D eigenvalue weighted by Gasteiger charge is 2.30. The van der Waals surface area contributed by atoms with E-state index in [0.29, 0.717) is 12.5 Å². The van der Waals surface area contributed by atoms with Crippen LogP contribution in [0.25, 0.3) is 0 Å². The van der Waals surface area contributed by atoms with Crippen molar-refractivity contribution in [3.05, 3.63) is 60.2 Å². The van der Waals surface area contributed by atoms with Crippen LogP contribution < -0.4 is 5.32 Å². The molecule has 2 rings (SSSR count). The number of aliphatic imine (C=N–C) groups is 1. The summed E-state index contributed by atoms with van der Waals surface area (Å²) in [5.74, 6) is 0.563. The van der Waals surface area contributed by atoms with E-state index in [2.05, 4.69) is 51.3 Å². The summed E-state index contributed by atoms with van der Waals surface area (Å²) in [5, 5.41) is 2.70. The summed E-state index contributed by atoms with van der Waals surface area (Å²) in [7, 11) is 1.35. The second-order valence-electron chi connectivity index (χ2n) is 5.55. The monoisotopic (exact) mass is 327 g/mol. The Hall–Kier alpha value is -2.56. The SMILES string of the molecule is C=CCc1cccc(C2CN=C(NC(=O)OC)N2CC)c1CC=C. The molecule has 0 fully saturated rings. The molecule has 1 aliphatic rings. The minimum atomic E-state index is -0.500. The van der Waals surface area contributed by atoms with E-state index in [1.165, 1.54) is 23.8 Å². The molecular formula is C19H25N3O2. The molecule has 5 nitrogen and oxygen atoms in total. The molecule has 0 aliphatic carbocycles. The van der Waals surface area contributed by atoms with Crippen LogP contribution in [-0.2, 0) is 17.6 Å². The first kappa shape index (κ1) is 17.8. The number of alkyl carbamates (subject to hydrolysis) is 1. The van der Waals surface area contributed by atoms with Crippen molar-refractivity contribution in [2.75, 3.05) is 20.2 Å². The first-order valence-corrected chi connectivity index (χ1v) is 8.14. The van der Waals surface area contributed by atoms with Gasteiger partial charge in [-0.05, 0) is 36.5 Å². The van der Waals surface area contributed by atoms with Gasteiger partial charge in [-0.2, -0.15) is 0 Å². The molecule has 5 heteroatoms. The average molecular weight is 327 g/mol. The van der Waals surface area contributed by atoms with Crippen LogP contribution in [0.1, 0.15) is 29.7 Å². The smallest absolute Gasteiger partial charge is 0.413 e. The first-order valence-electron chi connectivity index (χ1n) is 8.14. The molecule has 1 aromatic rings. The topological polar surface area (TPSA) is 53.9 Å². The molecule has 1 aromatic carbocycles. The lowest BCUT2D eigenvalue weighted by molar-refractivity contribution is 0.175. The molecule has 0 saturated heterocycles. The molecule has 1 unspecified atom stereocenters. The van der Waals surface area contributed by atoms with E-state index in [1.54, 1.807) is 0 Å². The predicted octanol–water partition coefficient (Wildman–Crippen LogP) is 3.23. The number of nitrogens with zero attached hydrogens (tertiary/aromatic N) is 2. The van der Waals surface area contributed by atoms with Gasteiger partial charge in [0.25, 0.3) is 0 Å². The number of hydrogen-bond acceptors (Lipinski definition) is 4. The van der Waals surface area contributed by atoms with Crippen molar-refractivity contribution in [3.63, 3.8) is 0 Å². The van der Waals surface area contributed by atoms with Gasteiger partial charge in [0.1, 0.15) is 0 Å². The lowest BCUT2D eigenvalue weighted by atomic mass is 9.91. The molecule has 128 valence electrons. The van der Waals surface area contributed by atoms with Crippen LogP contribution in [0.5, 0.6) is 0 Å². The molecule has 0 spiro atoms. The zero-order valence-electron chi connectivity index (χ0n) is 14.4. The Morgan fingerprint density at radius 2 is 2.17 bits per heavy atom. The van der Waals surface area contributed by atoms with E-state index in [0.717, 1.165) is 19.4 Å². The van der Waals surface area contributed by atoms with E-state index in [4.69, 9.17) is 0 Å². The number of nitrogens with one attached hydrogen (secondary N) is 1.